The van der Waals surface area contributed by atoms with E-state index < -0.39 is 11.6 Å². The van der Waals surface area contributed by atoms with Gasteiger partial charge in [0.1, 0.15) is 5.75 Å². The fraction of sp³-hybridized carbons (Fsp3) is 0.385. The zero-order chi connectivity index (χ0) is 22.9. The molecule has 3 rings (SSSR count). The minimum atomic E-state index is -0.950. The van der Waals surface area contributed by atoms with Crippen molar-refractivity contribution in [1.29, 1.82) is 0 Å². The molecule has 3 aromatic rings. The van der Waals surface area contributed by atoms with E-state index in [0.717, 1.165) is 32.3 Å². The smallest absolute Gasteiger partial charge is 0.168 e. The van der Waals surface area contributed by atoms with Crippen molar-refractivity contribution in [3.05, 3.63) is 59.8 Å². The van der Waals surface area contributed by atoms with Crippen molar-refractivity contribution in [1.82, 2.24) is 9.97 Å². The molecule has 1 heterocycles. The molecule has 0 amide bonds. The zero-order valence-corrected chi connectivity index (χ0v) is 18.7. The highest BCUT2D eigenvalue weighted by Gasteiger charge is 2.15. The number of aromatic hydroxyl groups is 1. The van der Waals surface area contributed by atoms with Crippen LogP contribution in [0.2, 0.25) is 0 Å². The summed E-state index contributed by atoms with van der Waals surface area (Å²) in [6, 6.07) is 7.60. The van der Waals surface area contributed by atoms with Gasteiger partial charge < -0.3 is 9.84 Å². The van der Waals surface area contributed by atoms with E-state index >= 15 is 0 Å². The molecule has 0 aliphatic heterocycles. The molecule has 6 heteroatoms. The molecule has 4 nitrogen and oxygen atoms in total. The molecule has 0 bridgehead atoms. The highest BCUT2D eigenvalue weighted by Crippen LogP contribution is 2.27. The zero-order valence-electron chi connectivity index (χ0n) is 18.7. The van der Waals surface area contributed by atoms with Crippen LogP contribution in [0.3, 0.4) is 0 Å². The van der Waals surface area contributed by atoms with Crippen LogP contribution in [0, 0.1) is 11.6 Å². The van der Waals surface area contributed by atoms with Gasteiger partial charge in [0.25, 0.3) is 0 Å². The maximum Gasteiger partial charge on any atom is 0.168 e. The molecule has 0 saturated carbocycles. The summed E-state index contributed by atoms with van der Waals surface area (Å²) in [5.41, 5.74) is 1.47. The number of unbranched alkanes of at least 4 members (excludes halogenated alkanes) is 3. The highest BCUT2D eigenvalue weighted by atomic mass is 19.2. The van der Waals surface area contributed by atoms with Crippen molar-refractivity contribution >= 4 is 17.1 Å². The minimum absolute atomic E-state index is 0.0520. The SMILES string of the molecule is CCCCCOC(C)CCC/C=C/c1ccc(-c2cnc3cc(O)ccc3n2)c(F)c1F. The van der Waals surface area contributed by atoms with Gasteiger partial charge in [-0.1, -0.05) is 38.0 Å². The van der Waals surface area contributed by atoms with Gasteiger partial charge in [0, 0.05) is 23.8 Å². The molecule has 2 aromatic carbocycles. The third kappa shape index (κ3) is 6.33. The van der Waals surface area contributed by atoms with Crippen molar-refractivity contribution in [3.63, 3.8) is 0 Å². The Kier molecular flexibility index (Phi) is 8.68. The summed E-state index contributed by atoms with van der Waals surface area (Å²) in [6.45, 7) is 5.04. The van der Waals surface area contributed by atoms with E-state index in [4.69, 9.17) is 4.74 Å². The Hall–Kier alpha value is -2.86. The summed E-state index contributed by atoms with van der Waals surface area (Å²) in [5, 5.41) is 9.52. The summed E-state index contributed by atoms with van der Waals surface area (Å²) >= 11 is 0. The standard InChI is InChI=1S/C26H30F2N2O2/c1-3-4-8-15-32-18(2)9-6-5-7-10-19-11-13-21(26(28)25(19)27)24-17-29-23-16-20(31)12-14-22(23)30-24/h7,10-14,16-18,31H,3-6,8-9,15H2,1-2H3/b10-7+. The Balaban J connectivity index is 1.59. The molecule has 1 N–H and O–H groups in total. The lowest BCUT2D eigenvalue weighted by Crippen LogP contribution is -2.08. The maximum absolute atomic E-state index is 14.7. The molecule has 0 aliphatic rings. The lowest BCUT2D eigenvalue weighted by molar-refractivity contribution is 0.0566. The van der Waals surface area contributed by atoms with Gasteiger partial charge in [0.2, 0.25) is 0 Å². The summed E-state index contributed by atoms with van der Waals surface area (Å²) in [7, 11) is 0. The number of phenols is 1. The van der Waals surface area contributed by atoms with E-state index in [-0.39, 0.29) is 28.7 Å². The van der Waals surface area contributed by atoms with E-state index in [2.05, 4.69) is 23.8 Å². The second kappa shape index (κ2) is 11.7. The van der Waals surface area contributed by atoms with Gasteiger partial charge in [0.05, 0.1) is 29.0 Å². The highest BCUT2D eigenvalue weighted by molar-refractivity contribution is 5.78. The lowest BCUT2D eigenvalue weighted by atomic mass is 10.1. The maximum atomic E-state index is 14.7. The van der Waals surface area contributed by atoms with Crippen LogP contribution >= 0.6 is 0 Å². The number of allylic oxidation sites excluding steroid dienone is 1. The number of ether oxygens (including phenoxy) is 1. The predicted molar refractivity (Wildman–Crippen MR) is 124 cm³/mol. The van der Waals surface area contributed by atoms with Crippen molar-refractivity contribution < 1.29 is 18.6 Å². The number of aromatic nitrogens is 2. The number of rotatable bonds is 11. The molecule has 0 fully saturated rings. The summed E-state index contributed by atoms with van der Waals surface area (Å²) in [6.07, 6.45) is 11.2. The van der Waals surface area contributed by atoms with Crippen LogP contribution in [-0.4, -0.2) is 27.8 Å². The largest absolute Gasteiger partial charge is 0.508 e. The topological polar surface area (TPSA) is 55.2 Å². The summed E-state index contributed by atoms with van der Waals surface area (Å²) < 4.78 is 35.1. The Morgan fingerprint density at radius 1 is 1.06 bits per heavy atom. The monoisotopic (exact) mass is 440 g/mol. The Morgan fingerprint density at radius 3 is 2.72 bits per heavy atom. The third-order valence-electron chi connectivity index (χ3n) is 5.34. The van der Waals surface area contributed by atoms with Gasteiger partial charge in [-0.25, -0.2) is 13.8 Å². The molecule has 1 aromatic heterocycles. The number of benzene rings is 2. The molecule has 32 heavy (non-hydrogen) atoms. The first-order valence-corrected chi connectivity index (χ1v) is 11.2. The average Bonchev–Trinajstić information content (AvgIpc) is 2.79. The van der Waals surface area contributed by atoms with Crippen LogP contribution in [0.15, 0.2) is 42.6 Å². The quantitative estimate of drug-likeness (QED) is 0.324. The third-order valence-corrected chi connectivity index (χ3v) is 5.34. The number of nitrogens with zero attached hydrogens (tertiary/aromatic N) is 2. The molecular formula is C26H30F2N2O2. The first kappa shape index (κ1) is 23.8. The van der Waals surface area contributed by atoms with E-state index in [1.807, 2.05) is 6.08 Å². The number of fused-ring (bicyclic) bond motifs is 1. The molecule has 0 radical (unpaired) electrons. The molecule has 170 valence electrons. The predicted octanol–water partition coefficient (Wildman–Crippen LogP) is 7.06. The van der Waals surface area contributed by atoms with Gasteiger partial charge in [-0.05, 0) is 50.8 Å². The van der Waals surface area contributed by atoms with Gasteiger partial charge >= 0.3 is 0 Å². The van der Waals surface area contributed by atoms with E-state index in [0.29, 0.717) is 11.0 Å². The van der Waals surface area contributed by atoms with Gasteiger partial charge in [-0.15, -0.1) is 0 Å². The van der Waals surface area contributed by atoms with Crippen LogP contribution in [0.4, 0.5) is 8.78 Å². The van der Waals surface area contributed by atoms with E-state index in [1.165, 1.54) is 37.2 Å². The normalized spacial score (nSPS) is 12.6. The second-order valence-corrected chi connectivity index (χ2v) is 7.98. The Morgan fingerprint density at radius 2 is 1.91 bits per heavy atom. The average molecular weight is 441 g/mol. The molecule has 1 unspecified atom stereocenters. The lowest BCUT2D eigenvalue weighted by Gasteiger charge is -2.12. The van der Waals surface area contributed by atoms with E-state index in [9.17, 15) is 13.9 Å². The van der Waals surface area contributed by atoms with Crippen LogP contribution in [0.5, 0.6) is 5.75 Å². The minimum Gasteiger partial charge on any atom is -0.508 e. The van der Waals surface area contributed by atoms with Crippen LogP contribution in [-0.2, 0) is 4.74 Å². The van der Waals surface area contributed by atoms with Crippen molar-refractivity contribution in [2.75, 3.05) is 6.61 Å². The number of phenolic OH excluding ortho intramolecular Hbond substituents is 1. The molecule has 0 saturated heterocycles. The van der Waals surface area contributed by atoms with Crippen LogP contribution < -0.4 is 0 Å². The fourth-order valence-electron chi connectivity index (χ4n) is 3.47. The van der Waals surface area contributed by atoms with Gasteiger partial charge in [0.15, 0.2) is 11.6 Å². The van der Waals surface area contributed by atoms with Crippen molar-refractivity contribution in [2.45, 2.75) is 58.5 Å². The van der Waals surface area contributed by atoms with Gasteiger partial charge in [-0.3, -0.25) is 4.98 Å². The Bertz CT molecular complexity index is 1070. The summed E-state index contributed by atoms with van der Waals surface area (Å²) in [4.78, 5) is 8.53. The van der Waals surface area contributed by atoms with Crippen molar-refractivity contribution in [2.24, 2.45) is 0 Å². The first-order valence-electron chi connectivity index (χ1n) is 11.2. The molecule has 0 spiro atoms. The first-order chi connectivity index (χ1) is 15.5. The van der Waals surface area contributed by atoms with Crippen LogP contribution in [0.1, 0.15) is 57.9 Å². The second-order valence-electron chi connectivity index (χ2n) is 7.98. The molecular weight excluding hydrogens is 410 g/mol. The fourth-order valence-corrected chi connectivity index (χ4v) is 3.47. The van der Waals surface area contributed by atoms with E-state index in [1.54, 1.807) is 18.2 Å². The van der Waals surface area contributed by atoms with Gasteiger partial charge in [-0.2, -0.15) is 0 Å². The molecule has 0 aliphatic carbocycles. The Labute approximate surface area is 188 Å². The molecule has 1 atom stereocenters. The summed E-state index contributed by atoms with van der Waals surface area (Å²) in [5.74, 6) is -1.78. The number of halogens is 2. The van der Waals surface area contributed by atoms with Crippen molar-refractivity contribution in [3.8, 4) is 17.0 Å². The number of hydrogen-bond donors (Lipinski definition) is 1. The van der Waals surface area contributed by atoms with Crippen LogP contribution in [0.25, 0.3) is 28.4 Å². The number of hydrogen-bond acceptors (Lipinski definition) is 4.